The van der Waals surface area contributed by atoms with Crippen molar-refractivity contribution in [2.75, 3.05) is 6.54 Å². The van der Waals surface area contributed by atoms with Crippen LogP contribution in [0.15, 0.2) is 78.0 Å². The van der Waals surface area contributed by atoms with Crippen molar-refractivity contribution < 1.29 is 0 Å². The fourth-order valence-electron chi connectivity index (χ4n) is 4.69. The normalized spacial score (nSPS) is 19.0. The molecule has 2 aromatic heterocycles. The summed E-state index contributed by atoms with van der Waals surface area (Å²) in [5, 5.41) is 5.22. The van der Waals surface area contributed by atoms with Crippen LogP contribution >= 0.6 is 0 Å². The van der Waals surface area contributed by atoms with Gasteiger partial charge in [-0.15, -0.1) is 0 Å². The van der Waals surface area contributed by atoms with Gasteiger partial charge in [-0.25, -0.2) is 4.98 Å². The minimum Gasteiger partial charge on any atom is -0.321 e. The zero-order chi connectivity index (χ0) is 21.5. The van der Waals surface area contributed by atoms with Crippen molar-refractivity contribution in [2.45, 2.75) is 30.7 Å². The van der Waals surface area contributed by atoms with Crippen molar-refractivity contribution in [3.63, 3.8) is 0 Å². The van der Waals surface area contributed by atoms with Gasteiger partial charge < -0.3 is 11.2 Å². The van der Waals surface area contributed by atoms with Crippen molar-refractivity contribution in [3.05, 3.63) is 84.2 Å². The van der Waals surface area contributed by atoms with Crippen LogP contribution < -0.4 is 11.2 Å². The van der Waals surface area contributed by atoms with Gasteiger partial charge >= 0.3 is 0 Å². The number of nitrogens with one attached hydrogen (secondary N) is 1. The van der Waals surface area contributed by atoms with E-state index in [9.17, 15) is 0 Å². The molecular weight excluding hydrogens is 394 g/mol. The van der Waals surface area contributed by atoms with Gasteiger partial charge in [0.25, 0.3) is 0 Å². The molecule has 5 nitrogen and oxygen atoms in total. The number of hydrazone groups is 1. The van der Waals surface area contributed by atoms with Gasteiger partial charge in [-0.05, 0) is 42.5 Å². The Kier molecular flexibility index (Phi) is 4.51. The number of hydrogen-bond acceptors (Lipinski definition) is 5. The van der Waals surface area contributed by atoms with Crippen LogP contribution in [0.5, 0.6) is 0 Å². The summed E-state index contributed by atoms with van der Waals surface area (Å²) in [5.74, 6) is 0.196. The molecule has 1 aliphatic carbocycles. The minimum absolute atomic E-state index is 0.156. The van der Waals surface area contributed by atoms with Gasteiger partial charge in [-0.2, -0.15) is 5.10 Å². The van der Waals surface area contributed by atoms with Crippen molar-refractivity contribution >= 4 is 17.1 Å². The molecule has 0 amide bonds. The van der Waals surface area contributed by atoms with Crippen LogP contribution in [0.4, 0.5) is 0 Å². The van der Waals surface area contributed by atoms with Crippen molar-refractivity contribution in [1.29, 1.82) is 0 Å². The molecule has 0 radical (unpaired) electrons. The fourth-order valence-corrected chi connectivity index (χ4v) is 4.69. The first-order valence-electron chi connectivity index (χ1n) is 11.2. The molecule has 3 N–H and O–H groups in total. The Balaban J connectivity index is 1.48. The predicted octanol–water partition coefficient (Wildman–Crippen LogP) is 4.97. The number of rotatable bonds is 4. The molecule has 158 valence electrons. The maximum absolute atomic E-state index is 6.54. The second kappa shape index (κ2) is 7.53. The van der Waals surface area contributed by atoms with Gasteiger partial charge in [-0.3, -0.25) is 4.98 Å². The quantitative estimate of drug-likeness (QED) is 0.489. The third kappa shape index (κ3) is 3.26. The van der Waals surface area contributed by atoms with Crippen LogP contribution in [0.1, 0.15) is 36.4 Å². The van der Waals surface area contributed by atoms with E-state index in [4.69, 9.17) is 10.7 Å². The predicted molar refractivity (Wildman–Crippen MR) is 129 cm³/mol. The molecule has 0 saturated heterocycles. The number of benzene rings is 2. The molecule has 1 aliphatic heterocycles. The summed E-state index contributed by atoms with van der Waals surface area (Å²) in [7, 11) is 0. The minimum atomic E-state index is -0.156. The van der Waals surface area contributed by atoms with Crippen LogP contribution in [-0.4, -0.2) is 22.7 Å². The molecule has 0 bridgehead atoms. The largest absolute Gasteiger partial charge is 0.321 e. The molecule has 4 aromatic rings. The fraction of sp³-hybridized carbons (Fsp3) is 0.222. The number of pyridine rings is 2. The number of aromatic nitrogens is 2. The van der Waals surface area contributed by atoms with E-state index in [2.05, 4.69) is 76.2 Å². The molecule has 1 unspecified atom stereocenters. The first-order valence-corrected chi connectivity index (χ1v) is 11.2. The third-order valence-electron chi connectivity index (χ3n) is 6.82. The molecule has 2 aromatic carbocycles. The molecule has 6 rings (SSSR count). The average molecular weight is 420 g/mol. The Morgan fingerprint density at radius 3 is 2.44 bits per heavy atom. The zero-order valence-corrected chi connectivity index (χ0v) is 17.8. The highest BCUT2D eigenvalue weighted by atomic mass is 15.3. The van der Waals surface area contributed by atoms with E-state index in [1.807, 2.05) is 18.5 Å². The Hall–Kier alpha value is -3.57. The molecule has 1 fully saturated rings. The number of hydrogen-bond donors (Lipinski definition) is 2. The lowest BCUT2D eigenvalue weighted by molar-refractivity contribution is 0.253. The second-order valence-corrected chi connectivity index (χ2v) is 8.89. The van der Waals surface area contributed by atoms with Gasteiger partial charge in [-0.1, -0.05) is 54.6 Å². The number of fused-ring (bicyclic) bond motifs is 1. The lowest BCUT2D eigenvalue weighted by atomic mass is 9.72. The van der Waals surface area contributed by atoms with Crippen LogP contribution in [0, 0.1) is 0 Å². The standard InChI is InChI=1S/C27H25N5/c28-27(11-4-12-27)22-9-7-19(8-10-22)26-23(18-5-2-1-3-6-18)13-20-14-24(21-15-30-31-16-21)29-17-25(20)32-26/h1-3,5-10,13-15,17,21,31H,4,11-12,16,28H2. The van der Waals surface area contributed by atoms with Crippen LogP contribution in [0.25, 0.3) is 33.3 Å². The molecule has 1 saturated carbocycles. The summed E-state index contributed by atoms with van der Waals surface area (Å²) < 4.78 is 0. The van der Waals surface area contributed by atoms with Gasteiger partial charge in [0.05, 0.1) is 29.0 Å². The van der Waals surface area contributed by atoms with Gasteiger partial charge in [0, 0.05) is 34.8 Å². The van der Waals surface area contributed by atoms with E-state index < -0.39 is 0 Å². The van der Waals surface area contributed by atoms with E-state index >= 15 is 0 Å². The van der Waals surface area contributed by atoms with E-state index in [1.54, 1.807) is 0 Å². The number of nitrogens with two attached hydrogens (primary N) is 1. The smallest absolute Gasteiger partial charge is 0.0893 e. The summed E-state index contributed by atoms with van der Waals surface area (Å²) in [6.45, 7) is 0.782. The highest BCUT2D eigenvalue weighted by Crippen LogP contribution is 2.40. The summed E-state index contributed by atoms with van der Waals surface area (Å²) in [4.78, 5) is 9.75. The molecule has 2 aliphatic rings. The van der Waals surface area contributed by atoms with Crippen LogP contribution in [-0.2, 0) is 5.54 Å². The summed E-state index contributed by atoms with van der Waals surface area (Å²) in [6, 6.07) is 23.5. The SMILES string of the molecule is NC1(c2ccc(-c3nc4cnc(C5C=NNC5)cc4cc3-c3ccccc3)cc2)CCC1. The summed E-state index contributed by atoms with van der Waals surface area (Å²) in [5.41, 5.74) is 16.8. The second-order valence-electron chi connectivity index (χ2n) is 8.89. The van der Waals surface area contributed by atoms with Crippen molar-refractivity contribution in [3.8, 4) is 22.4 Å². The summed E-state index contributed by atoms with van der Waals surface area (Å²) in [6.07, 6.45) is 7.13. The first kappa shape index (κ1) is 19.1. The highest BCUT2D eigenvalue weighted by Gasteiger charge is 2.34. The monoisotopic (exact) mass is 419 g/mol. The van der Waals surface area contributed by atoms with E-state index in [-0.39, 0.29) is 11.5 Å². The topological polar surface area (TPSA) is 76.2 Å². The maximum Gasteiger partial charge on any atom is 0.0893 e. The molecular formula is C27H25N5. The Bertz CT molecular complexity index is 1310. The van der Waals surface area contributed by atoms with Crippen LogP contribution in [0.3, 0.4) is 0 Å². The zero-order valence-electron chi connectivity index (χ0n) is 17.8. The molecule has 3 heterocycles. The molecule has 0 spiro atoms. The first-order chi connectivity index (χ1) is 15.7. The van der Waals surface area contributed by atoms with E-state index in [1.165, 1.54) is 12.0 Å². The van der Waals surface area contributed by atoms with Gasteiger partial charge in [0.1, 0.15) is 0 Å². The molecule has 32 heavy (non-hydrogen) atoms. The molecule has 1 atom stereocenters. The Morgan fingerprint density at radius 2 is 1.75 bits per heavy atom. The maximum atomic E-state index is 6.54. The lowest BCUT2D eigenvalue weighted by Gasteiger charge is -2.38. The highest BCUT2D eigenvalue weighted by molar-refractivity contribution is 5.91. The van der Waals surface area contributed by atoms with Crippen molar-refractivity contribution in [2.24, 2.45) is 10.8 Å². The molecule has 5 heteroatoms. The Morgan fingerprint density at radius 1 is 0.938 bits per heavy atom. The van der Waals surface area contributed by atoms with E-state index in [0.29, 0.717) is 0 Å². The van der Waals surface area contributed by atoms with E-state index in [0.717, 1.165) is 58.4 Å². The van der Waals surface area contributed by atoms with Crippen LogP contribution in [0.2, 0.25) is 0 Å². The van der Waals surface area contributed by atoms with Crippen molar-refractivity contribution in [1.82, 2.24) is 15.4 Å². The van der Waals surface area contributed by atoms with Gasteiger partial charge in [0.2, 0.25) is 0 Å². The van der Waals surface area contributed by atoms with Gasteiger partial charge in [0.15, 0.2) is 0 Å². The number of nitrogens with zero attached hydrogens (tertiary/aromatic N) is 3. The lowest BCUT2D eigenvalue weighted by Crippen LogP contribution is -2.43. The third-order valence-corrected chi connectivity index (χ3v) is 6.82. The summed E-state index contributed by atoms with van der Waals surface area (Å²) >= 11 is 0. The average Bonchev–Trinajstić information content (AvgIpc) is 3.37. The Labute approximate surface area is 187 Å².